The molecule has 7 heteroatoms. The molecule has 0 aliphatic rings. The van der Waals surface area contributed by atoms with Gasteiger partial charge in [0.25, 0.3) is 0 Å². The van der Waals surface area contributed by atoms with Crippen molar-refractivity contribution in [2.45, 2.75) is 10.9 Å². The Bertz CT molecular complexity index is 804. The first-order valence-electron chi connectivity index (χ1n) is 7.35. The molecule has 24 heavy (non-hydrogen) atoms. The summed E-state index contributed by atoms with van der Waals surface area (Å²) in [6, 6.07) is 14.7. The summed E-state index contributed by atoms with van der Waals surface area (Å²) in [6.45, 7) is 0.177. The molecule has 0 amide bonds. The molecule has 0 aliphatic heterocycles. The minimum absolute atomic E-state index is 0.0621. The van der Waals surface area contributed by atoms with E-state index in [1.807, 2.05) is 49.3 Å². The lowest BCUT2D eigenvalue weighted by atomic mass is 10.1. The lowest BCUT2D eigenvalue weighted by molar-refractivity contribution is 0.0696. The number of benzene rings is 2. The quantitative estimate of drug-likeness (QED) is 0.799. The molecule has 0 bridgehead atoms. The van der Waals surface area contributed by atoms with Crippen molar-refractivity contribution in [3.05, 3.63) is 65.7 Å². The first-order valence-corrected chi connectivity index (χ1v) is 8.84. The standard InChI is InChI=1S/C17H20N2O4S/c1-19(2)16(13-7-4-3-5-8-13)12-18-24(22,23)15-10-6-9-14(11-15)17(20)21/h3-11,16,18H,12H2,1-2H3,(H,20,21). The summed E-state index contributed by atoms with van der Waals surface area (Å²) in [4.78, 5) is 12.9. The van der Waals surface area contributed by atoms with Gasteiger partial charge in [0, 0.05) is 12.6 Å². The summed E-state index contributed by atoms with van der Waals surface area (Å²) in [5.74, 6) is -1.16. The van der Waals surface area contributed by atoms with Crippen LogP contribution in [0, 0.1) is 0 Å². The Morgan fingerprint density at radius 1 is 1.12 bits per heavy atom. The summed E-state index contributed by atoms with van der Waals surface area (Å²) < 4.78 is 27.4. The lowest BCUT2D eigenvalue weighted by Gasteiger charge is -2.25. The highest BCUT2D eigenvalue weighted by atomic mass is 32.2. The number of aromatic carboxylic acids is 1. The zero-order valence-electron chi connectivity index (χ0n) is 13.5. The summed E-state index contributed by atoms with van der Waals surface area (Å²) in [7, 11) is -0.0488. The average Bonchev–Trinajstić information content (AvgIpc) is 2.55. The SMILES string of the molecule is CN(C)C(CNS(=O)(=O)c1cccc(C(=O)O)c1)c1ccccc1. The maximum absolute atomic E-state index is 12.4. The van der Waals surface area contributed by atoms with Crippen molar-refractivity contribution in [2.75, 3.05) is 20.6 Å². The van der Waals surface area contributed by atoms with Gasteiger partial charge < -0.3 is 10.0 Å². The molecule has 2 aromatic rings. The molecule has 0 fully saturated rings. The number of carboxylic acids is 1. The zero-order valence-corrected chi connectivity index (χ0v) is 14.3. The minimum atomic E-state index is -3.79. The van der Waals surface area contributed by atoms with Gasteiger partial charge in [-0.2, -0.15) is 0 Å². The molecule has 6 nitrogen and oxygen atoms in total. The van der Waals surface area contributed by atoms with Gasteiger partial charge in [-0.15, -0.1) is 0 Å². The highest BCUT2D eigenvalue weighted by molar-refractivity contribution is 7.89. The van der Waals surface area contributed by atoms with Gasteiger partial charge in [-0.1, -0.05) is 36.4 Å². The number of hydrogen-bond acceptors (Lipinski definition) is 4. The van der Waals surface area contributed by atoms with E-state index in [1.165, 1.54) is 18.2 Å². The van der Waals surface area contributed by atoms with E-state index < -0.39 is 16.0 Å². The summed E-state index contributed by atoms with van der Waals surface area (Å²) >= 11 is 0. The fraction of sp³-hybridized carbons (Fsp3) is 0.235. The monoisotopic (exact) mass is 348 g/mol. The van der Waals surface area contributed by atoms with Crippen LogP contribution in [0.1, 0.15) is 22.0 Å². The van der Waals surface area contributed by atoms with Gasteiger partial charge >= 0.3 is 5.97 Å². The van der Waals surface area contributed by atoms with Crippen LogP contribution in [0.5, 0.6) is 0 Å². The van der Waals surface area contributed by atoms with Crippen LogP contribution in [0.25, 0.3) is 0 Å². The molecule has 1 unspecified atom stereocenters. The highest BCUT2D eigenvalue weighted by Crippen LogP contribution is 2.18. The Morgan fingerprint density at radius 3 is 2.38 bits per heavy atom. The number of nitrogens with zero attached hydrogens (tertiary/aromatic N) is 1. The van der Waals surface area contributed by atoms with Gasteiger partial charge in [-0.25, -0.2) is 17.9 Å². The smallest absolute Gasteiger partial charge is 0.335 e. The fourth-order valence-corrected chi connectivity index (χ4v) is 3.43. The Balaban J connectivity index is 2.19. The Kier molecular flexibility index (Phi) is 5.71. The molecule has 0 spiro atoms. The van der Waals surface area contributed by atoms with Crippen LogP contribution in [0.2, 0.25) is 0 Å². The summed E-state index contributed by atoms with van der Waals surface area (Å²) in [6.07, 6.45) is 0. The van der Waals surface area contributed by atoms with Crippen molar-refractivity contribution >= 4 is 16.0 Å². The summed E-state index contributed by atoms with van der Waals surface area (Å²) in [5, 5.41) is 8.99. The van der Waals surface area contributed by atoms with E-state index in [9.17, 15) is 13.2 Å². The first-order chi connectivity index (χ1) is 11.3. The second kappa shape index (κ2) is 7.57. The van der Waals surface area contributed by atoms with Crippen molar-refractivity contribution in [3.8, 4) is 0 Å². The number of nitrogens with one attached hydrogen (secondary N) is 1. The van der Waals surface area contributed by atoms with Crippen LogP contribution in [-0.2, 0) is 10.0 Å². The molecule has 2 aromatic carbocycles. The maximum atomic E-state index is 12.4. The molecule has 0 aromatic heterocycles. The van der Waals surface area contributed by atoms with Gasteiger partial charge in [-0.05, 0) is 37.9 Å². The molecule has 0 aliphatic carbocycles. The van der Waals surface area contributed by atoms with Crippen LogP contribution in [-0.4, -0.2) is 45.0 Å². The number of carbonyl (C=O) groups is 1. The highest BCUT2D eigenvalue weighted by Gasteiger charge is 2.20. The molecular weight excluding hydrogens is 328 g/mol. The topological polar surface area (TPSA) is 86.7 Å². The van der Waals surface area contributed by atoms with Crippen LogP contribution in [0.15, 0.2) is 59.5 Å². The number of sulfonamides is 1. The molecule has 1 atom stereocenters. The third-order valence-electron chi connectivity index (χ3n) is 3.67. The molecule has 128 valence electrons. The third-order valence-corrected chi connectivity index (χ3v) is 5.09. The Hall–Kier alpha value is -2.22. The van der Waals surface area contributed by atoms with Crippen LogP contribution < -0.4 is 4.72 Å². The van der Waals surface area contributed by atoms with Crippen molar-refractivity contribution in [1.82, 2.24) is 9.62 Å². The molecule has 0 saturated carbocycles. The zero-order chi connectivity index (χ0) is 17.7. The van der Waals surface area contributed by atoms with E-state index >= 15 is 0 Å². The van der Waals surface area contributed by atoms with Gasteiger partial charge in [0.1, 0.15) is 0 Å². The first kappa shape index (κ1) is 18.1. The van der Waals surface area contributed by atoms with Gasteiger partial charge in [0.15, 0.2) is 0 Å². The normalized spacial score (nSPS) is 13.0. The fourth-order valence-electron chi connectivity index (χ4n) is 2.34. The van der Waals surface area contributed by atoms with Crippen molar-refractivity contribution in [1.29, 1.82) is 0 Å². The second-order valence-corrected chi connectivity index (χ2v) is 7.34. The number of likely N-dealkylation sites (N-methyl/N-ethyl adjacent to an activating group) is 1. The van der Waals surface area contributed by atoms with Crippen LogP contribution in [0.4, 0.5) is 0 Å². The molecule has 2 N–H and O–H groups in total. The maximum Gasteiger partial charge on any atom is 0.335 e. The predicted octanol–water partition coefficient (Wildman–Crippen LogP) is 1.97. The number of rotatable bonds is 7. The van der Waals surface area contributed by atoms with Crippen LogP contribution in [0.3, 0.4) is 0 Å². The van der Waals surface area contributed by atoms with Crippen LogP contribution >= 0.6 is 0 Å². The van der Waals surface area contributed by atoms with Crippen molar-refractivity contribution in [2.24, 2.45) is 0 Å². The van der Waals surface area contributed by atoms with E-state index in [0.717, 1.165) is 11.6 Å². The van der Waals surface area contributed by atoms with Gasteiger partial charge in [0.2, 0.25) is 10.0 Å². The second-order valence-electron chi connectivity index (χ2n) is 5.57. The molecule has 0 saturated heterocycles. The minimum Gasteiger partial charge on any atom is -0.478 e. The predicted molar refractivity (Wildman–Crippen MR) is 91.5 cm³/mol. The van der Waals surface area contributed by atoms with E-state index in [1.54, 1.807) is 0 Å². The number of carboxylic acid groups (broad SMARTS) is 1. The Labute approximate surface area is 141 Å². The molecule has 0 radical (unpaired) electrons. The average molecular weight is 348 g/mol. The van der Waals surface area contributed by atoms with Crippen molar-refractivity contribution < 1.29 is 18.3 Å². The Morgan fingerprint density at radius 2 is 1.79 bits per heavy atom. The summed E-state index contributed by atoms with van der Waals surface area (Å²) in [5.41, 5.74) is 0.926. The largest absolute Gasteiger partial charge is 0.478 e. The number of hydrogen-bond donors (Lipinski definition) is 2. The lowest BCUT2D eigenvalue weighted by Crippen LogP contribution is -2.34. The molecule has 0 heterocycles. The van der Waals surface area contributed by atoms with Gasteiger partial charge in [-0.3, -0.25) is 0 Å². The third kappa shape index (κ3) is 4.41. The van der Waals surface area contributed by atoms with E-state index in [0.29, 0.717) is 0 Å². The van der Waals surface area contributed by atoms with E-state index in [2.05, 4.69) is 4.72 Å². The molecule has 2 rings (SSSR count). The van der Waals surface area contributed by atoms with Crippen molar-refractivity contribution in [3.63, 3.8) is 0 Å². The van der Waals surface area contributed by atoms with E-state index in [4.69, 9.17) is 5.11 Å². The molecular formula is C17H20N2O4S. The van der Waals surface area contributed by atoms with E-state index in [-0.39, 0.29) is 23.0 Å². The van der Waals surface area contributed by atoms with Gasteiger partial charge in [0.05, 0.1) is 10.5 Å².